The third-order valence-corrected chi connectivity index (χ3v) is 6.43. The molecule has 2 atom stereocenters. The van der Waals surface area contributed by atoms with Gasteiger partial charge < -0.3 is 20.3 Å². The number of carboxylic acid groups (broad SMARTS) is 1. The monoisotopic (exact) mass is 528 g/mol. The van der Waals surface area contributed by atoms with Crippen molar-refractivity contribution in [3.05, 3.63) is 89.3 Å². The number of carbonyl (C=O) groups is 3. The van der Waals surface area contributed by atoms with Crippen LogP contribution in [-0.2, 0) is 21.4 Å². The van der Waals surface area contributed by atoms with E-state index in [1.807, 2.05) is 30.4 Å². The Kier molecular flexibility index (Phi) is 8.09. The number of carboxylic acids is 1. The Balaban J connectivity index is 1.39. The lowest BCUT2D eigenvalue weighted by Crippen LogP contribution is -2.42. The molecule has 0 spiro atoms. The molecule has 9 nitrogen and oxygen atoms in total. The summed E-state index contributed by atoms with van der Waals surface area (Å²) in [5.41, 5.74) is 3.67. The Morgan fingerprint density at radius 1 is 1.08 bits per heavy atom. The van der Waals surface area contributed by atoms with Crippen molar-refractivity contribution < 1.29 is 24.0 Å². The summed E-state index contributed by atoms with van der Waals surface area (Å²) in [7, 11) is 0. The van der Waals surface area contributed by atoms with Crippen LogP contribution in [0.25, 0.3) is 17.0 Å². The Hall–Kier alpha value is -4.53. The van der Waals surface area contributed by atoms with E-state index < -0.39 is 17.9 Å². The Morgan fingerprint density at radius 3 is 2.33 bits per heavy atom. The summed E-state index contributed by atoms with van der Waals surface area (Å²) < 4.78 is 5.42. The predicted molar refractivity (Wildman–Crippen MR) is 147 cm³/mol. The van der Waals surface area contributed by atoms with Crippen LogP contribution in [0.4, 0.5) is 0 Å². The quantitative estimate of drug-likeness (QED) is 0.397. The first kappa shape index (κ1) is 27.5. The zero-order chi connectivity index (χ0) is 28.2. The lowest BCUT2D eigenvalue weighted by atomic mass is 9.86. The molecule has 39 heavy (non-hydrogen) atoms. The van der Waals surface area contributed by atoms with Crippen LogP contribution in [0.1, 0.15) is 61.5 Å². The van der Waals surface area contributed by atoms with Gasteiger partial charge >= 0.3 is 5.97 Å². The van der Waals surface area contributed by atoms with Gasteiger partial charge in [-0.2, -0.15) is 4.98 Å². The van der Waals surface area contributed by atoms with Crippen LogP contribution in [0.15, 0.2) is 71.3 Å². The van der Waals surface area contributed by atoms with Crippen molar-refractivity contribution in [1.82, 2.24) is 20.8 Å². The van der Waals surface area contributed by atoms with E-state index in [1.54, 1.807) is 36.4 Å². The van der Waals surface area contributed by atoms with Crippen molar-refractivity contribution in [1.29, 1.82) is 0 Å². The summed E-state index contributed by atoms with van der Waals surface area (Å²) in [5, 5.41) is 19.2. The lowest BCUT2D eigenvalue weighted by molar-refractivity contribution is -0.139. The predicted octanol–water partition coefficient (Wildman–Crippen LogP) is 4.31. The number of benzene rings is 2. The summed E-state index contributed by atoms with van der Waals surface area (Å²) >= 11 is 0. The van der Waals surface area contributed by atoms with Crippen LogP contribution in [-0.4, -0.2) is 45.1 Å². The molecule has 4 rings (SSSR count). The molecule has 3 N–H and O–H groups in total. The average molecular weight is 529 g/mol. The highest BCUT2D eigenvalue weighted by atomic mass is 16.5. The molecule has 1 aromatic heterocycles. The van der Waals surface area contributed by atoms with E-state index in [9.17, 15) is 19.5 Å². The molecule has 2 aromatic carbocycles. The highest BCUT2D eigenvalue weighted by Crippen LogP contribution is 2.24. The standard InChI is InChI=1S/C30H32N4O5/c1-18(35)31-24-15-11-22(12-16-24)28-33-26(34-39-28)20-7-5-19(6-8-20)17-25(29(37)38)32-27(36)21-9-13-23(14-10-21)30(2,3)4/h5-15,24-25H,16-17H2,1-4H3,(H,31,35)(H,32,36)(H,37,38)/t24?,25-/m0/s1. The smallest absolute Gasteiger partial charge is 0.326 e. The first-order valence-electron chi connectivity index (χ1n) is 12.7. The number of aromatic nitrogens is 2. The molecule has 2 amide bonds. The first-order valence-corrected chi connectivity index (χ1v) is 12.7. The summed E-state index contributed by atoms with van der Waals surface area (Å²) in [5.74, 6) is -0.871. The maximum atomic E-state index is 12.7. The number of aliphatic carboxylic acids is 1. The molecule has 1 aliphatic rings. The van der Waals surface area contributed by atoms with Gasteiger partial charge in [-0.05, 0) is 35.1 Å². The highest BCUT2D eigenvalue weighted by Gasteiger charge is 2.22. The highest BCUT2D eigenvalue weighted by molar-refractivity contribution is 5.96. The summed E-state index contributed by atoms with van der Waals surface area (Å²) in [6.45, 7) is 7.74. The van der Waals surface area contributed by atoms with Crippen molar-refractivity contribution in [2.45, 2.75) is 58.0 Å². The van der Waals surface area contributed by atoms with Crippen LogP contribution in [0, 0.1) is 0 Å². The van der Waals surface area contributed by atoms with Crippen LogP contribution >= 0.6 is 0 Å². The molecular weight excluding hydrogens is 496 g/mol. The SMILES string of the molecule is CC(=O)NC1C=CC(c2nc(-c3ccc(C[C@H](NC(=O)c4ccc(C(C)(C)C)cc4)C(=O)O)cc3)no2)=CC1. The lowest BCUT2D eigenvalue weighted by Gasteiger charge is -2.19. The number of nitrogens with one attached hydrogen (secondary N) is 2. The second kappa shape index (κ2) is 11.5. The van der Waals surface area contributed by atoms with E-state index in [0.717, 1.165) is 16.7 Å². The number of hydrogen-bond acceptors (Lipinski definition) is 6. The van der Waals surface area contributed by atoms with Gasteiger partial charge in [-0.15, -0.1) is 0 Å². The van der Waals surface area contributed by atoms with Gasteiger partial charge in [0.05, 0.1) is 6.04 Å². The second-order valence-electron chi connectivity index (χ2n) is 10.6. The Bertz CT molecular complexity index is 1410. The van der Waals surface area contributed by atoms with Gasteiger partial charge in [0.1, 0.15) is 6.04 Å². The number of allylic oxidation sites excluding steroid dienone is 2. The van der Waals surface area contributed by atoms with Gasteiger partial charge in [-0.3, -0.25) is 9.59 Å². The molecule has 3 aromatic rings. The van der Waals surface area contributed by atoms with E-state index in [0.29, 0.717) is 29.3 Å². The number of nitrogens with zero attached hydrogens (tertiary/aromatic N) is 2. The molecule has 1 heterocycles. The second-order valence-corrected chi connectivity index (χ2v) is 10.6. The summed E-state index contributed by atoms with van der Waals surface area (Å²) in [4.78, 5) is 40.3. The average Bonchev–Trinajstić information content (AvgIpc) is 3.38. The van der Waals surface area contributed by atoms with E-state index in [4.69, 9.17) is 4.52 Å². The van der Waals surface area contributed by atoms with Crippen molar-refractivity contribution >= 4 is 23.4 Å². The Labute approximate surface area is 227 Å². The van der Waals surface area contributed by atoms with E-state index in [1.165, 1.54) is 6.92 Å². The molecule has 0 aliphatic heterocycles. The van der Waals surface area contributed by atoms with Crippen LogP contribution in [0.5, 0.6) is 0 Å². The molecule has 0 fully saturated rings. The molecule has 0 radical (unpaired) electrons. The number of amides is 2. The van der Waals surface area contributed by atoms with Crippen molar-refractivity contribution in [2.75, 3.05) is 0 Å². The van der Waals surface area contributed by atoms with Crippen LogP contribution in [0.2, 0.25) is 0 Å². The Morgan fingerprint density at radius 2 is 1.77 bits per heavy atom. The zero-order valence-corrected chi connectivity index (χ0v) is 22.4. The minimum Gasteiger partial charge on any atom is -0.480 e. The molecule has 0 bridgehead atoms. The molecule has 9 heteroatoms. The largest absolute Gasteiger partial charge is 0.480 e. The fraction of sp³-hybridized carbons (Fsp3) is 0.300. The van der Waals surface area contributed by atoms with Crippen molar-refractivity contribution in [3.8, 4) is 11.4 Å². The number of carbonyl (C=O) groups excluding carboxylic acids is 2. The minimum absolute atomic E-state index is 0.0453. The third kappa shape index (κ3) is 7.07. The van der Waals surface area contributed by atoms with E-state index in [-0.39, 0.29) is 23.8 Å². The van der Waals surface area contributed by atoms with Gasteiger partial charge in [0.2, 0.25) is 11.7 Å². The maximum absolute atomic E-state index is 12.7. The van der Waals surface area contributed by atoms with Gasteiger partial charge in [-0.1, -0.05) is 80.6 Å². The number of hydrogen-bond donors (Lipinski definition) is 3. The van der Waals surface area contributed by atoms with Crippen molar-refractivity contribution in [2.24, 2.45) is 0 Å². The molecular formula is C30H32N4O5. The van der Waals surface area contributed by atoms with Gasteiger partial charge in [0, 0.05) is 30.0 Å². The van der Waals surface area contributed by atoms with E-state index >= 15 is 0 Å². The van der Waals surface area contributed by atoms with Crippen LogP contribution in [0.3, 0.4) is 0 Å². The molecule has 1 unspecified atom stereocenters. The third-order valence-electron chi connectivity index (χ3n) is 6.43. The molecule has 0 saturated heterocycles. The topological polar surface area (TPSA) is 134 Å². The molecule has 1 aliphatic carbocycles. The maximum Gasteiger partial charge on any atom is 0.326 e. The summed E-state index contributed by atoms with van der Waals surface area (Å²) in [6.07, 6.45) is 6.39. The van der Waals surface area contributed by atoms with E-state index in [2.05, 4.69) is 41.5 Å². The first-order chi connectivity index (χ1) is 18.5. The van der Waals surface area contributed by atoms with Gasteiger partial charge in [0.15, 0.2) is 0 Å². The van der Waals surface area contributed by atoms with Crippen LogP contribution < -0.4 is 10.6 Å². The molecule has 0 saturated carbocycles. The fourth-order valence-corrected chi connectivity index (χ4v) is 4.19. The number of rotatable bonds is 8. The summed E-state index contributed by atoms with van der Waals surface area (Å²) in [6, 6.07) is 13.2. The normalized spacial score (nSPS) is 15.8. The zero-order valence-electron chi connectivity index (χ0n) is 22.4. The fourth-order valence-electron chi connectivity index (χ4n) is 4.19. The van der Waals surface area contributed by atoms with Gasteiger partial charge in [-0.25, -0.2) is 4.79 Å². The molecule has 202 valence electrons. The van der Waals surface area contributed by atoms with Crippen molar-refractivity contribution in [3.63, 3.8) is 0 Å². The minimum atomic E-state index is -1.11. The van der Waals surface area contributed by atoms with Gasteiger partial charge in [0.25, 0.3) is 11.8 Å².